The quantitative estimate of drug-likeness (QED) is 0.579. The highest BCUT2D eigenvalue weighted by Crippen LogP contribution is 2.10. The van der Waals surface area contributed by atoms with Crippen LogP contribution in [0.5, 0.6) is 0 Å². The van der Waals surface area contributed by atoms with Crippen LogP contribution in [0.2, 0.25) is 0 Å². The fraction of sp³-hybridized carbons (Fsp3) is 0.0667. The van der Waals surface area contributed by atoms with E-state index in [0.717, 1.165) is 15.7 Å². The molecule has 2 aromatic carbocycles. The molecule has 21 heavy (non-hydrogen) atoms. The molecule has 0 aliphatic heterocycles. The van der Waals surface area contributed by atoms with Crippen molar-refractivity contribution in [3.8, 4) is 0 Å². The first-order chi connectivity index (χ1) is 10.1. The van der Waals surface area contributed by atoms with E-state index in [1.807, 2.05) is 54.6 Å². The summed E-state index contributed by atoms with van der Waals surface area (Å²) in [6.45, 7) is 0. The number of hydrazine groups is 1. The van der Waals surface area contributed by atoms with Gasteiger partial charge in [-0.1, -0.05) is 46.3 Å². The molecule has 1 amide bonds. The minimum Gasteiger partial charge on any atom is -0.331 e. The number of benzene rings is 2. The molecule has 0 unspecified atom stereocenters. The summed E-state index contributed by atoms with van der Waals surface area (Å²) in [5.74, 6) is -0.158. The molecule has 0 heterocycles. The molecule has 0 spiro atoms. The summed E-state index contributed by atoms with van der Waals surface area (Å²) in [6.07, 6.45) is 0.286. The second-order valence-corrected chi connectivity index (χ2v) is 5.62. The number of carbonyl (C=O) groups is 1. The van der Waals surface area contributed by atoms with Crippen LogP contribution < -0.4 is 16.2 Å². The van der Waals surface area contributed by atoms with Gasteiger partial charge >= 0.3 is 0 Å². The van der Waals surface area contributed by atoms with E-state index in [0.29, 0.717) is 5.11 Å². The predicted molar refractivity (Wildman–Crippen MR) is 91.8 cm³/mol. The third kappa shape index (κ3) is 5.53. The van der Waals surface area contributed by atoms with E-state index in [9.17, 15) is 4.79 Å². The molecule has 3 N–H and O–H groups in total. The largest absolute Gasteiger partial charge is 0.331 e. The van der Waals surface area contributed by atoms with Gasteiger partial charge in [0, 0.05) is 10.2 Å². The van der Waals surface area contributed by atoms with Crippen molar-refractivity contribution in [2.24, 2.45) is 0 Å². The molecule has 6 heteroatoms. The standard InChI is InChI=1S/C15H14BrN3OS/c16-12-8-6-11(7-9-12)10-14(20)18-19-15(21)17-13-4-2-1-3-5-13/h1-9H,10H2,(H,18,20)(H2,17,19,21). The average Bonchev–Trinajstić information content (AvgIpc) is 2.49. The molecule has 2 rings (SSSR count). The Kier molecular flexibility index (Phi) is 5.71. The highest BCUT2D eigenvalue weighted by atomic mass is 79.9. The third-order valence-corrected chi connectivity index (χ3v) is 3.36. The number of thiocarbonyl (C=S) groups is 1. The molecule has 0 fully saturated rings. The van der Waals surface area contributed by atoms with Crippen LogP contribution in [0.3, 0.4) is 0 Å². The lowest BCUT2D eigenvalue weighted by Crippen LogP contribution is -2.44. The summed E-state index contributed by atoms with van der Waals surface area (Å²) in [7, 11) is 0. The van der Waals surface area contributed by atoms with Crippen molar-refractivity contribution in [1.82, 2.24) is 10.9 Å². The highest BCUT2D eigenvalue weighted by Gasteiger charge is 2.04. The SMILES string of the molecule is O=C(Cc1ccc(Br)cc1)NNC(=S)Nc1ccccc1. The Morgan fingerprint density at radius 1 is 1.00 bits per heavy atom. The summed E-state index contributed by atoms with van der Waals surface area (Å²) in [5, 5.41) is 3.31. The van der Waals surface area contributed by atoms with Gasteiger partial charge in [0.25, 0.3) is 0 Å². The Hall–Kier alpha value is -1.92. The van der Waals surface area contributed by atoms with Crippen LogP contribution >= 0.6 is 28.1 Å². The van der Waals surface area contributed by atoms with Crippen molar-refractivity contribution in [3.05, 3.63) is 64.6 Å². The third-order valence-electron chi connectivity index (χ3n) is 2.63. The number of halogens is 1. The fourth-order valence-corrected chi connectivity index (χ4v) is 2.08. The maximum atomic E-state index is 11.8. The highest BCUT2D eigenvalue weighted by molar-refractivity contribution is 9.10. The Morgan fingerprint density at radius 2 is 1.67 bits per heavy atom. The molecular weight excluding hydrogens is 350 g/mol. The van der Waals surface area contributed by atoms with Crippen molar-refractivity contribution in [2.45, 2.75) is 6.42 Å². The van der Waals surface area contributed by atoms with Gasteiger partial charge in [-0.3, -0.25) is 15.6 Å². The number of rotatable bonds is 3. The summed E-state index contributed by atoms with van der Waals surface area (Å²) in [5.41, 5.74) is 7.02. The van der Waals surface area contributed by atoms with Crippen molar-refractivity contribution in [2.75, 3.05) is 5.32 Å². The van der Waals surface area contributed by atoms with E-state index in [1.165, 1.54) is 0 Å². The molecule has 4 nitrogen and oxygen atoms in total. The molecule has 0 aliphatic carbocycles. The molecule has 0 saturated carbocycles. The number of amides is 1. The van der Waals surface area contributed by atoms with E-state index < -0.39 is 0 Å². The maximum absolute atomic E-state index is 11.8. The summed E-state index contributed by atoms with van der Waals surface area (Å²) < 4.78 is 0.984. The molecule has 0 bridgehead atoms. The van der Waals surface area contributed by atoms with Crippen LogP contribution in [-0.2, 0) is 11.2 Å². The zero-order valence-corrected chi connectivity index (χ0v) is 13.5. The van der Waals surface area contributed by atoms with E-state index in [-0.39, 0.29) is 12.3 Å². The normalized spacial score (nSPS) is 9.76. The molecule has 0 atom stereocenters. The number of para-hydroxylation sites is 1. The van der Waals surface area contributed by atoms with Gasteiger partial charge in [-0.05, 0) is 42.0 Å². The maximum Gasteiger partial charge on any atom is 0.242 e. The van der Waals surface area contributed by atoms with Crippen LogP contribution in [0, 0.1) is 0 Å². The lowest BCUT2D eigenvalue weighted by atomic mass is 10.1. The molecule has 0 saturated heterocycles. The summed E-state index contributed by atoms with van der Waals surface area (Å²) in [4.78, 5) is 11.8. The topological polar surface area (TPSA) is 53.2 Å². The number of anilines is 1. The van der Waals surface area contributed by atoms with Crippen LogP contribution in [-0.4, -0.2) is 11.0 Å². The number of hydrogen-bond donors (Lipinski definition) is 3. The van der Waals surface area contributed by atoms with Gasteiger partial charge in [-0.15, -0.1) is 0 Å². The lowest BCUT2D eigenvalue weighted by Gasteiger charge is -2.11. The Labute approximate surface area is 137 Å². The first-order valence-corrected chi connectivity index (χ1v) is 7.49. The molecule has 0 aromatic heterocycles. The molecule has 108 valence electrons. The van der Waals surface area contributed by atoms with Gasteiger partial charge in [0.2, 0.25) is 5.91 Å². The second-order valence-electron chi connectivity index (χ2n) is 4.30. The van der Waals surface area contributed by atoms with Crippen molar-refractivity contribution in [3.63, 3.8) is 0 Å². The Bertz CT molecular complexity index is 617. The number of hydrogen-bond acceptors (Lipinski definition) is 2. The van der Waals surface area contributed by atoms with E-state index >= 15 is 0 Å². The molecular formula is C15H14BrN3OS. The van der Waals surface area contributed by atoms with Gasteiger partial charge in [0.05, 0.1) is 6.42 Å². The Morgan fingerprint density at radius 3 is 2.33 bits per heavy atom. The van der Waals surface area contributed by atoms with Gasteiger partial charge in [0.15, 0.2) is 5.11 Å². The van der Waals surface area contributed by atoms with Crippen LogP contribution in [0.4, 0.5) is 5.69 Å². The van der Waals surface area contributed by atoms with Crippen LogP contribution in [0.15, 0.2) is 59.1 Å². The van der Waals surface area contributed by atoms with Crippen molar-refractivity contribution < 1.29 is 4.79 Å². The summed E-state index contributed by atoms with van der Waals surface area (Å²) >= 11 is 8.45. The zero-order valence-electron chi connectivity index (χ0n) is 11.1. The van der Waals surface area contributed by atoms with E-state index in [1.54, 1.807) is 0 Å². The minimum atomic E-state index is -0.158. The van der Waals surface area contributed by atoms with Crippen LogP contribution in [0.1, 0.15) is 5.56 Å². The lowest BCUT2D eigenvalue weighted by molar-refractivity contribution is -0.120. The smallest absolute Gasteiger partial charge is 0.242 e. The van der Waals surface area contributed by atoms with Gasteiger partial charge in [-0.25, -0.2) is 0 Å². The summed E-state index contributed by atoms with van der Waals surface area (Å²) in [6, 6.07) is 17.1. The average molecular weight is 364 g/mol. The minimum absolute atomic E-state index is 0.158. The van der Waals surface area contributed by atoms with Crippen LogP contribution in [0.25, 0.3) is 0 Å². The number of carbonyl (C=O) groups excluding carboxylic acids is 1. The second kappa shape index (κ2) is 7.75. The number of nitrogens with one attached hydrogen (secondary N) is 3. The van der Waals surface area contributed by atoms with Gasteiger partial charge in [-0.2, -0.15) is 0 Å². The van der Waals surface area contributed by atoms with Crippen molar-refractivity contribution in [1.29, 1.82) is 0 Å². The fourth-order valence-electron chi connectivity index (χ4n) is 1.64. The monoisotopic (exact) mass is 363 g/mol. The zero-order chi connectivity index (χ0) is 15.1. The van der Waals surface area contributed by atoms with Gasteiger partial charge in [0.1, 0.15) is 0 Å². The predicted octanol–water partition coefficient (Wildman–Crippen LogP) is 3.01. The Balaban J connectivity index is 1.76. The van der Waals surface area contributed by atoms with E-state index in [2.05, 4.69) is 32.1 Å². The molecule has 0 aliphatic rings. The van der Waals surface area contributed by atoms with Gasteiger partial charge < -0.3 is 5.32 Å². The van der Waals surface area contributed by atoms with E-state index in [4.69, 9.17) is 12.2 Å². The molecule has 2 aromatic rings. The molecule has 0 radical (unpaired) electrons. The first-order valence-electron chi connectivity index (χ1n) is 6.29. The first kappa shape index (κ1) is 15.5. The van der Waals surface area contributed by atoms with Crippen molar-refractivity contribution >= 4 is 44.9 Å².